The Bertz CT molecular complexity index is 324. The Morgan fingerprint density at radius 3 is 2.31 bits per heavy atom. The highest BCUT2D eigenvalue weighted by molar-refractivity contribution is 5.48. The van der Waals surface area contributed by atoms with Gasteiger partial charge in [-0.3, -0.25) is 0 Å². The molecule has 0 spiro atoms. The molecule has 1 nitrogen and oxygen atoms in total. The Hall–Kier alpha value is -0.980. The molecule has 0 heterocycles. The first-order valence-corrected chi connectivity index (χ1v) is 6.63. The van der Waals surface area contributed by atoms with Gasteiger partial charge in [0, 0.05) is 5.69 Å². The van der Waals surface area contributed by atoms with E-state index in [0.717, 1.165) is 11.6 Å². The highest BCUT2D eigenvalue weighted by atomic mass is 14.6. The Morgan fingerprint density at radius 2 is 1.69 bits per heavy atom. The lowest BCUT2D eigenvalue weighted by atomic mass is 9.82. The van der Waals surface area contributed by atoms with Gasteiger partial charge in [-0.1, -0.05) is 50.8 Å². The summed E-state index contributed by atoms with van der Waals surface area (Å²) < 4.78 is 0. The third-order valence-corrected chi connectivity index (χ3v) is 4.09. The lowest BCUT2D eigenvalue weighted by molar-refractivity contribution is 0.395. The molecule has 2 N–H and O–H groups in total. The second-order valence-electron chi connectivity index (χ2n) is 5.17. The molecule has 0 saturated heterocycles. The van der Waals surface area contributed by atoms with E-state index in [4.69, 9.17) is 5.73 Å². The van der Waals surface area contributed by atoms with Crippen molar-refractivity contribution < 1.29 is 0 Å². The van der Waals surface area contributed by atoms with Gasteiger partial charge in [0.1, 0.15) is 0 Å². The number of para-hydroxylation sites is 1. The van der Waals surface area contributed by atoms with E-state index < -0.39 is 0 Å². The number of nitrogens with two attached hydrogens (primary N) is 1. The van der Waals surface area contributed by atoms with Gasteiger partial charge in [-0.25, -0.2) is 0 Å². The molecule has 1 unspecified atom stereocenters. The highest BCUT2D eigenvalue weighted by Crippen LogP contribution is 2.36. The summed E-state index contributed by atoms with van der Waals surface area (Å²) in [5.74, 6) is 1.46. The van der Waals surface area contributed by atoms with Crippen molar-refractivity contribution in [2.24, 2.45) is 5.92 Å². The van der Waals surface area contributed by atoms with Crippen molar-refractivity contribution in [1.82, 2.24) is 0 Å². The predicted octanol–water partition coefficient (Wildman–Crippen LogP) is 4.34. The van der Waals surface area contributed by atoms with Crippen molar-refractivity contribution >= 4 is 5.69 Å². The molecule has 0 bridgehead atoms. The SMILES string of the molecule is CC(c1ccccc1N)C1CCCCCC1. The van der Waals surface area contributed by atoms with E-state index in [2.05, 4.69) is 19.1 Å². The maximum atomic E-state index is 6.07. The Kier molecular flexibility index (Phi) is 3.87. The number of benzene rings is 1. The summed E-state index contributed by atoms with van der Waals surface area (Å²) in [4.78, 5) is 0. The van der Waals surface area contributed by atoms with Gasteiger partial charge >= 0.3 is 0 Å². The average molecular weight is 217 g/mol. The van der Waals surface area contributed by atoms with Crippen LogP contribution in [0.2, 0.25) is 0 Å². The van der Waals surface area contributed by atoms with Crippen LogP contribution in [-0.4, -0.2) is 0 Å². The second kappa shape index (κ2) is 5.38. The van der Waals surface area contributed by atoms with Crippen LogP contribution < -0.4 is 5.73 Å². The van der Waals surface area contributed by atoms with Crippen LogP contribution >= 0.6 is 0 Å². The molecule has 2 rings (SSSR count). The summed E-state index contributed by atoms with van der Waals surface area (Å²) in [6.07, 6.45) is 8.43. The van der Waals surface area contributed by atoms with Crippen LogP contribution in [0.5, 0.6) is 0 Å². The Balaban J connectivity index is 2.11. The molecule has 1 aromatic rings. The normalized spacial score (nSPS) is 20.3. The minimum atomic E-state index is 0.624. The van der Waals surface area contributed by atoms with Crippen LogP contribution in [0.4, 0.5) is 5.69 Å². The zero-order valence-electron chi connectivity index (χ0n) is 10.3. The molecular formula is C15H23N. The second-order valence-corrected chi connectivity index (χ2v) is 5.17. The molecule has 1 aliphatic rings. The quantitative estimate of drug-likeness (QED) is 0.578. The standard InChI is InChI=1S/C15H23N/c1-12(13-8-4-2-3-5-9-13)14-10-6-7-11-15(14)16/h6-7,10-13H,2-5,8-9,16H2,1H3. The molecule has 88 valence electrons. The van der Waals surface area contributed by atoms with E-state index >= 15 is 0 Å². The van der Waals surface area contributed by atoms with Crippen molar-refractivity contribution in [2.75, 3.05) is 5.73 Å². The van der Waals surface area contributed by atoms with Crippen molar-refractivity contribution in [1.29, 1.82) is 0 Å². The Morgan fingerprint density at radius 1 is 1.06 bits per heavy atom. The zero-order chi connectivity index (χ0) is 11.4. The summed E-state index contributed by atoms with van der Waals surface area (Å²) in [5, 5.41) is 0. The molecule has 1 fully saturated rings. The van der Waals surface area contributed by atoms with E-state index in [1.807, 2.05) is 12.1 Å². The van der Waals surface area contributed by atoms with Gasteiger partial charge in [0.15, 0.2) is 0 Å². The molecule has 1 atom stereocenters. The molecular weight excluding hydrogens is 194 g/mol. The van der Waals surface area contributed by atoms with Gasteiger partial charge in [0.2, 0.25) is 0 Å². The lowest BCUT2D eigenvalue weighted by Gasteiger charge is -2.24. The van der Waals surface area contributed by atoms with E-state index in [1.165, 1.54) is 44.1 Å². The van der Waals surface area contributed by atoms with Gasteiger partial charge < -0.3 is 5.73 Å². The number of nitrogen functional groups attached to an aromatic ring is 1. The number of hydrogen-bond acceptors (Lipinski definition) is 1. The molecule has 0 radical (unpaired) electrons. The zero-order valence-corrected chi connectivity index (χ0v) is 10.3. The topological polar surface area (TPSA) is 26.0 Å². The predicted molar refractivity (Wildman–Crippen MR) is 70.5 cm³/mol. The first-order valence-electron chi connectivity index (χ1n) is 6.63. The third-order valence-electron chi connectivity index (χ3n) is 4.09. The molecule has 0 amide bonds. The number of anilines is 1. The van der Waals surface area contributed by atoms with Gasteiger partial charge in [0.25, 0.3) is 0 Å². The van der Waals surface area contributed by atoms with Gasteiger partial charge in [-0.15, -0.1) is 0 Å². The van der Waals surface area contributed by atoms with Gasteiger partial charge in [0.05, 0.1) is 0 Å². The minimum Gasteiger partial charge on any atom is -0.398 e. The summed E-state index contributed by atoms with van der Waals surface area (Å²) in [6.45, 7) is 2.35. The molecule has 16 heavy (non-hydrogen) atoms. The van der Waals surface area contributed by atoms with Crippen molar-refractivity contribution in [3.63, 3.8) is 0 Å². The number of hydrogen-bond donors (Lipinski definition) is 1. The van der Waals surface area contributed by atoms with Crippen LogP contribution in [0, 0.1) is 5.92 Å². The van der Waals surface area contributed by atoms with Crippen molar-refractivity contribution in [3.05, 3.63) is 29.8 Å². The molecule has 0 aliphatic heterocycles. The van der Waals surface area contributed by atoms with E-state index in [1.54, 1.807) is 0 Å². The fourth-order valence-electron chi connectivity index (χ4n) is 2.99. The fraction of sp³-hybridized carbons (Fsp3) is 0.600. The largest absolute Gasteiger partial charge is 0.398 e. The van der Waals surface area contributed by atoms with Crippen LogP contribution in [0.25, 0.3) is 0 Å². The molecule has 1 saturated carbocycles. The molecule has 0 aromatic heterocycles. The fourth-order valence-corrected chi connectivity index (χ4v) is 2.99. The monoisotopic (exact) mass is 217 g/mol. The van der Waals surface area contributed by atoms with Gasteiger partial charge in [-0.05, 0) is 36.3 Å². The minimum absolute atomic E-state index is 0.624. The summed E-state index contributed by atoms with van der Waals surface area (Å²) in [5.41, 5.74) is 8.39. The first kappa shape index (κ1) is 11.5. The summed E-state index contributed by atoms with van der Waals surface area (Å²) in [6, 6.07) is 8.37. The molecule has 1 aromatic carbocycles. The molecule has 1 aliphatic carbocycles. The van der Waals surface area contributed by atoms with Crippen LogP contribution in [0.1, 0.15) is 56.9 Å². The van der Waals surface area contributed by atoms with E-state index in [9.17, 15) is 0 Å². The van der Waals surface area contributed by atoms with Crippen LogP contribution in [0.15, 0.2) is 24.3 Å². The summed E-state index contributed by atoms with van der Waals surface area (Å²) in [7, 11) is 0. The highest BCUT2D eigenvalue weighted by Gasteiger charge is 2.21. The maximum absolute atomic E-state index is 6.07. The summed E-state index contributed by atoms with van der Waals surface area (Å²) >= 11 is 0. The van der Waals surface area contributed by atoms with Crippen LogP contribution in [-0.2, 0) is 0 Å². The van der Waals surface area contributed by atoms with E-state index in [-0.39, 0.29) is 0 Å². The smallest absolute Gasteiger partial charge is 0.0349 e. The lowest BCUT2D eigenvalue weighted by Crippen LogP contribution is -2.11. The van der Waals surface area contributed by atoms with Crippen LogP contribution in [0.3, 0.4) is 0 Å². The van der Waals surface area contributed by atoms with Gasteiger partial charge in [-0.2, -0.15) is 0 Å². The maximum Gasteiger partial charge on any atom is 0.0349 e. The average Bonchev–Trinajstić information content (AvgIpc) is 2.57. The molecule has 1 heteroatoms. The first-order chi connectivity index (χ1) is 7.79. The van der Waals surface area contributed by atoms with Crippen molar-refractivity contribution in [3.8, 4) is 0 Å². The van der Waals surface area contributed by atoms with Crippen molar-refractivity contribution in [2.45, 2.75) is 51.4 Å². The van der Waals surface area contributed by atoms with E-state index in [0.29, 0.717) is 5.92 Å². The third kappa shape index (κ3) is 2.58. The Labute approximate surface area is 99.0 Å². The number of rotatable bonds is 2.